The van der Waals surface area contributed by atoms with Crippen LogP contribution in [0.4, 0.5) is 0 Å². The third kappa shape index (κ3) is 4.93. The van der Waals surface area contributed by atoms with Gasteiger partial charge in [-0.1, -0.05) is 31.6 Å². The molecule has 1 aromatic heterocycles. The van der Waals surface area contributed by atoms with Crippen LogP contribution in [-0.4, -0.2) is 48.4 Å². The summed E-state index contributed by atoms with van der Waals surface area (Å²) in [5.74, 6) is 0.773. The molecule has 6 heteroatoms. The molecule has 0 spiro atoms. The summed E-state index contributed by atoms with van der Waals surface area (Å²) < 4.78 is 5.29. The van der Waals surface area contributed by atoms with Crippen molar-refractivity contribution in [2.24, 2.45) is 0 Å². The minimum Gasteiger partial charge on any atom is -0.497 e. The van der Waals surface area contributed by atoms with Gasteiger partial charge in [0.25, 0.3) is 0 Å². The van der Waals surface area contributed by atoms with Gasteiger partial charge in [0.15, 0.2) is 0 Å². The standard InChI is InChI=1S/C24H30N2O3S/c1-4-6-7-22(27)25(14-5-2)17-23(28)26-15-12-21-20(13-16-30-21)24(26)18-8-10-19(29-3)11-9-18/h5,8-11,13,16,24H,2,4,6-7,12,14-15,17H2,1,3H3/t24-/m1/s1. The number of ether oxygens (including phenoxy) is 1. The van der Waals surface area contributed by atoms with Crippen molar-refractivity contribution in [2.45, 2.75) is 38.6 Å². The Labute approximate surface area is 182 Å². The van der Waals surface area contributed by atoms with Crippen molar-refractivity contribution in [3.8, 4) is 5.75 Å². The summed E-state index contributed by atoms with van der Waals surface area (Å²) in [6, 6.07) is 9.86. The predicted octanol–water partition coefficient (Wildman–Crippen LogP) is 4.44. The fraction of sp³-hybridized carbons (Fsp3) is 0.417. The molecule has 30 heavy (non-hydrogen) atoms. The van der Waals surface area contributed by atoms with Crippen molar-refractivity contribution < 1.29 is 14.3 Å². The van der Waals surface area contributed by atoms with Crippen LogP contribution in [0.15, 0.2) is 48.4 Å². The lowest BCUT2D eigenvalue weighted by Gasteiger charge is -2.37. The predicted molar refractivity (Wildman–Crippen MR) is 121 cm³/mol. The fourth-order valence-electron chi connectivity index (χ4n) is 3.88. The van der Waals surface area contributed by atoms with Crippen LogP contribution in [0.1, 0.15) is 48.2 Å². The van der Waals surface area contributed by atoms with Crippen LogP contribution in [0.5, 0.6) is 5.75 Å². The molecular formula is C24H30N2O3S. The third-order valence-electron chi connectivity index (χ3n) is 5.49. The number of rotatable bonds is 9. The Morgan fingerprint density at radius 1 is 1.30 bits per heavy atom. The Kier molecular flexibility index (Phi) is 7.69. The number of hydrogen-bond donors (Lipinski definition) is 0. The Bertz CT molecular complexity index is 875. The van der Waals surface area contributed by atoms with E-state index in [-0.39, 0.29) is 24.4 Å². The van der Waals surface area contributed by atoms with Gasteiger partial charge in [0, 0.05) is 24.4 Å². The molecule has 0 unspecified atom stereocenters. The smallest absolute Gasteiger partial charge is 0.243 e. The van der Waals surface area contributed by atoms with Crippen LogP contribution < -0.4 is 4.74 Å². The van der Waals surface area contributed by atoms with Crippen LogP contribution in [0.25, 0.3) is 0 Å². The maximum Gasteiger partial charge on any atom is 0.243 e. The van der Waals surface area contributed by atoms with E-state index < -0.39 is 0 Å². The number of unbranched alkanes of at least 4 members (excludes halogenated alkanes) is 1. The first-order valence-corrected chi connectivity index (χ1v) is 11.3. The zero-order valence-electron chi connectivity index (χ0n) is 17.8. The Morgan fingerprint density at radius 2 is 2.07 bits per heavy atom. The molecule has 0 bridgehead atoms. The van der Waals surface area contributed by atoms with Crippen LogP contribution in [0.2, 0.25) is 0 Å². The second kappa shape index (κ2) is 10.4. The van der Waals surface area contributed by atoms with Crippen molar-refractivity contribution in [3.05, 3.63) is 64.4 Å². The van der Waals surface area contributed by atoms with Crippen LogP contribution in [-0.2, 0) is 16.0 Å². The quantitative estimate of drug-likeness (QED) is 0.557. The van der Waals surface area contributed by atoms with Gasteiger partial charge in [-0.15, -0.1) is 17.9 Å². The summed E-state index contributed by atoms with van der Waals surface area (Å²) in [5, 5.41) is 2.09. The Balaban J connectivity index is 1.85. The van der Waals surface area contributed by atoms with Crippen LogP contribution >= 0.6 is 11.3 Å². The van der Waals surface area contributed by atoms with E-state index in [9.17, 15) is 9.59 Å². The highest BCUT2D eigenvalue weighted by Gasteiger charge is 2.33. The van der Waals surface area contributed by atoms with Gasteiger partial charge in [0.1, 0.15) is 12.3 Å². The van der Waals surface area contributed by atoms with Gasteiger partial charge in [-0.05, 0) is 47.5 Å². The number of nitrogens with zero attached hydrogens (tertiary/aromatic N) is 2. The summed E-state index contributed by atoms with van der Waals surface area (Å²) in [5.41, 5.74) is 2.23. The molecule has 0 aliphatic carbocycles. The molecule has 1 aliphatic rings. The highest BCUT2D eigenvalue weighted by Crippen LogP contribution is 2.38. The van der Waals surface area contributed by atoms with Gasteiger partial charge >= 0.3 is 0 Å². The van der Waals surface area contributed by atoms with Gasteiger partial charge in [-0.3, -0.25) is 9.59 Å². The molecule has 2 heterocycles. The van der Waals surface area contributed by atoms with E-state index in [1.807, 2.05) is 29.2 Å². The van der Waals surface area contributed by atoms with Crippen molar-refractivity contribution in [1.29, 1.82) is 0 Å². The lowest BCUT2D eigenvalue weighted by molar-refractivity contribution is -0.141. The molecular weight excluding hydrogens is 396 g/mol. The molecule has 160 valence electrons. The SMILES string of the molecule is C=CCN(CC(=O)N1CCc2sccc2[C@H]1c1ccc(OC)cc1)C(=O)CCCC. The molecule has 0 N–H and O–H groups in total. The molecule has 0 saturated heterocycles. The highest BCUT2D eigenvalue weighted by molar-refractivity contribution is 7.10. The summed E-state index contributed by atoms with van der Waals surface area (Å²) in [6.07, 6.45) is 4.78. The van der Waals surface area contributed by atoms with Crippen molar-refractivity contribution in [1.82, 2.24) is 9.80 Å². The van der Waals surface area contributed by atoms with E-state index in [0.717, 1.165) is 30.6 Å². The average molecular weight is 427 g/mol. The minimum absolute atomic E-state index is 0.0133. The number of fused-ring (bicyclic) bond motifs is 1. The number of carbonyl (C=O) groups excluding carboxylic acids is 2. The first kappa shape index (κ1) is 22.1. The summed E-state index contributed by atoms with van der Waals surface area (Å²) in [4.78, 5) is 30.8. The van der Waals surface area contributed by atoms with Crippen molar-refractivity contribution in [2.75, 3.05) is 26.7 Å². The largest absolute Gasteiger partial charge is 0.497 e. The van der Waals surface area contributed by atoms with Crippen LogP contribution in [0, 0.1) is 0 Å². The molecule has 3 rings (SSSR count). The zero-order valence-corrected chi connectivity index (χ0v) is 18.6. The Morgan fingerprint density at radius 3 is 2.73 bits per heavy atom. The maximum absolute atomic E-state index is 13.4. The number of methoxy groups -OCH3 is 1. The van der Waals surface area contributed by atoms with E-state index in [4.69, 9.17) is 4.74 Å². The fourth-order valence-corrected chi connectivity index (χ4v) is 4.79. The molecule has 2 aromatic rings. The number of thiophene rings is 1. The second-order valence-corrected chi connectivity index (χ2v) is 8.48. The lowest BCUT2D eigenvalue weighted by Crippen LogP contribution is -2.46. The lowest BCUT2D eigenvalue weighted by atomic mass is 9.93. The first-order valence-electron chi connectivity index (χ1n) is 10.5. The summed E-state index contributed by atoms with van der Waals surface area (Å²) >= 11 is 1.74. The number of carbonyl (C=O) groups is 2. The van der Waals surface area contributed by atoms with E-state index in [0.29, 0.717) is 19.5 Å². The monoisotopic (exact) mass is 426 g/mol. The van der Waals surface area contributed by atoms with E-state index >= 15 is 0 Å². The van der Waals surface area contributed by atoms with Crippen LogP contribution in [0.3, 0.4) is 0 Å². The van der Waals surface area contributed by atoms with Gasteiger partial charge in [0.2, 0.25) is 11.8 Å². The first-order chi connectivity index (χ1) is 14.6. The minimum atomic E-state index is -0.144. The molecule has 5 nitrogen and oxygen atoms in total. The third-order valence-corrected chi connectivity index (χ3v) is 6.49. The number of hydrogen-bond acceptors (Lipinski definition) is 4. The second-order valence-electron chi connectivity index (χ2n) is 7.48. The van der Waals surface area contributed by atoms with Crippen molar-refractivity contribution in [3.63, 3.8) is 0 Å². The zero-order chi connectivity index (χ0) is 21.5. The maximum atomic E-state index is 13.4. The number of benzene rings is 1. The molecule has 1 atom stereocenters. The molecule has 0 saturated carbocycles. The summed E-state index contributed by atoms with van der Waals surface area (Å²) in [6.45, 7) is 6.93. The molecule has 0 radical (unpaired) electrons. The van der Waals surface area contributed by atoms with E-state index in [1.165, 1.54) is 10.4 Å². The van der Waals surface area contributed by atoms with Gasteiger partial charge in [0.05, 0.1) is 13.2 Å². The molecule has 2 amide bonds. The molecule has 1 aliphatic heterocycles. The van der Waals surface area contributed by atoms with Crippen molar-refractivity contribution >= 4 is 23.2 Å². The van der Waals surface area contributed by atoms with E-state index in [1.54, 1.807) is 29.4 Å². The van der Waals surface area contributed by atoms with Gasteiger partial charge in [-0.2, -0.15) is 0 Å². The Hall–Kier alpha value is -2.60. The topological polar surface area (TPSA) is 49.9 Å². The molecule has 0 fully saturated rings. The normalized spacial score (nSPS) is 15.4. The average Bonchev–Trinajstić information content (AvgIpc) is 3.25. The highest BCUT2D eigenvalue weighted by atomic mass is 32.1. The summed E-state index contributed by atoms with van der Waals surface area (Å²) in [7, 11) is 1.65. The van der Waals surface area contributed by atoms with E-state index in [2.05, 4.69) is 24.9 Å². The van der Waals surface area contributed by atoms with Gasteiger partial charge < -0.3 is 14.5 Å². The number of amides is 2. The van der Waals surface area contributed by atoms with Gasteiger partial charge in [-0.25, -0.2) is 0 Å². The molecule has 1 aromatic carbocycles.